The van der Waals surface area contributed by atoms with Crippen molar-refractivity contribution in [3.05, 3.63) is 406 Å². The molecule has 2 heteroatoms. The van der Waals surface area contributed by atoms with Gasteiger partial charge in [-0.25, -0.2) is 0 Å². The molecular formula is C87H60N2. The van der Waals surface area contributed by atoms with E-state index in [0.717, 1.165) is 44.5 Å². The maximum absolute atomic E-state index is 7.96. The first-order valence-corrected chi connectivity index (χ1v) is 30.9. The van der Waals surface area contributed by atoms with Gasteiger partial charge in [-0.3, -0.25) is 0 Å². The Balaban J connectivity index is 0.922. The molecule has 0 fully saturated rings. The van der Waals surface area contributed by atoms with Crippen molar-refractivity contribution in [2.75, 3.05) is 11.5 Å². The summed E-state index contributed by atoms with van der Waals surface area (Å²) in [7, 11) is 0. The highest BCUT2D eigenvalue weighted by Gasteiger charge is 2.49. The SMILES string of the molecule is Nc1cccc(-c2cc(-c3ccc(C4(c5ccccc5)c5ccccc5-c5ccccc54)cc3)c(-c3ccc(C4(c5ccccc5)c5ccccc5-c5ccccc54)cc3)c(-c3ccc(C4(c5ccccc5)c5ccccc5-c5ccccc54)cc3)c2N)c1. The van der Waals surface area contributed by atoms with E-state index >= 15 is 0 Å². The summed E-state index contributed by atoms with van der Waals surface area (Å²) < 4.78 is 0. The summed E-state index contributed by atoms with van der Waals surface area (Å²) in [6, 6.07) is 126. The first kappa shape index (κ1) is 52.0. The lowest BCUT2D eigenvalue weighted by Crippen LogP contribution is -2.28. The van der Waals surface area contributed by atoms with Gasteiger partial charge in [0.2, 0.25) is 0 Å². The molecule has 0 unspecified atom stereocenters. The van der Waals surface area contributed by atoms with Gasteiger partial charge in [0, 0.05) is 22.5 Å². The Morgan fingerprint density at radius 1 is 0.180 bits per heavy atom. The summed E-state index contributed by atoms with van der Waals surface area (Å²) in [4.78, 5) is 0. The predicted molar refractivity (Wildman–Crippen MR) is 369 cm³/mol. The molecule has 0 bridgehead atoms. The largest absolute Gasteiger partial charge is 0.399 e. The van der Waals surface area contributed by atoms with Crippen LogP contribution in [0.5, 0.6) is 0 Å². The van der Waals surface area contributed by atoms with Crippen LogP contribution in [0.2, 0.25) is 0 Å². The molecule has 0 amide bonds. The van der Waals surface area contributed by atoms with Crippen molar-refractivity contribution >= 4 is 11.4 Å². The first-order valence-electron chi connectivity index (χ1n) is 30.9. The number of anilines is 2. The fourth-order valence-corrected chi connectivity index (χ4v) is 16.3. The molecule has 0 aromatic heterocycles. The first-order chi connectivity index (χ1) is 44.0. The van der Waals surface area contributed by atoms with E-state index < -0.39 is 16.2 Å². The molecule has 3 aliphatic rings. The smallest absolute Gasteiger partial charge is 0.0713 e. The number of nitrogen functional groups attached to an aromatic ring is 2. The third-order valence-electron chi connectivity index (χ3n) is 19.9. The molecular weight excluding hydrogens is 1070 g/mol. The van der Waals surface area contributed by atoms with Crippen LogP contribution in [0.25, 0.3) is 77.9 Å². The Kier molecular flexibility index (Phi) is 11.9. The molecule has 0 saturated carbocycles. The Morgan fingerprint density at radius 3 is 0.787 bits per heavy atom. The molecule has 0 spiro atoms. The Bertz CT molecular complexity index is 4930. The van der Waals surface area contributed by atoms with Crippen LogP contribution in [0.3, 0.4) is 0 Å². The lowest BCUT2D eigenvalue weighted by atomic mass is 9.67. The van der Waals surface area contributed by atoms with Gasteiger partial charge in [-0.05, 0) is 152 Å². The number of hydrogen-bond donors (Lipinski definition) is 2. The van der Waals surface area contributed by atoms with Gasteiger partial charge in [-0.15, -0.1) is 0 Å². The Morgan fingerprint density at radius 2 is 0.461 bits per heavy atom. The molecule has 3 aliphatic carbocycles. The van der Waals surface area contributed by atoms with E-state index in [-0.39, 0.29) is 0 Å². The van der Waals surface area contributed by atoms with Crippen LogP contribution >= 0.6 is 0 Å². The van der Waals surface area contributed by atoms with Crippen molar-refractivity contribution in [3.8, 4) is 77.9 Å². The van der Waals surface area contributed by atoms with Gasteiger partial charge in [0.05, 0.1) is 16.2 Å². The molecule has 0 aliphatic heterocycles. The van der Waals surface area contributed by atoms with Gasteiger partial charge < -0.3 is 11.5 Å². The Labute approximate surface area is 520 Å². The van der Waals surface area contributed by atoms with Gasteiger partial charge in [0.15, 0.2) is 0 Å². The standard InChI is InChI=1S/C87H60N2/c88-67-30-22-23-60(55-67)75-56-74(57-43-49-64(50-44-57)85(61-24-4-1-5-25-61)76-37-16-10-31-68(76)69-32-11-17-38-77(69)85)82(58-45-51-65(52-46-58)86(62-26-6-2-7-27-62)78-39-18-12-33-70(78)71-34-13-19-40-79(71)86)83(84(75)89)59-47-53-66(54-48-59)87(63-28-8-3-9-29-63)80-41-20-14-35-72(80)73-36-15-21-42-81(73)87/h1-56H,88-89H2. The fraction of sp³-hybridized carbons (Fsp3) is 0.0345. The highest BCUT2D eigenvalue weighted by atomic mass is 14.6. The average molecular weight is 1130 g/mol. The van der Waals surface area contributed by atoms with Crippen molar-refractivity contribution in [3.63, 3.8) is 0 Å². The van der Waals surface area contributed by atoms with Crippen molar-refractivity contribution in [1.29, 1.82) is 0 Å². The lowest BCUT2D eigenvalue weighted by molar-refractivity contribution is 0.768. The maximum atomic E-state index is 7.96. The third kappa shape index (κ3) is 7.51. The van der Waals surface area contributed by atoms with Crippen LogP contribution in [0.4, 0.5) is 11.4 Å². The van der Waals surface area contributed by atoms with E-state index in [9.17, 15) is 0 Å². The van der Waals surface area contributed by atoms with E-state index in [1.165, 1.54) is 100 Å². The fourth-order valence-electron chi connectivity index (χ4n) is 16.3. The monoisotopic (exact) mass is 1130 g/mol. The summed E-state index contributed by atoms with van der Waals surface area (Å²) in [6.45, 7) is 0. The molecule has 14 aromatic rings. The highest BCUT2D eigenvalue weighted by molar-refractivity contribution is 6.06. The number of benzene rings is 14. The summed E-state index contributed by atoms with van der Waals surface area (Å²) >= 11 is 0. The zero-order valence-electron chi connectivity index (χ0n) is 49.0. The zero-order valence-corrected chi connectivity index (χ0v) is 49.0. The maximum Gasteiger partial charge on any atom is 0.0713 e. The number of nitrogens with two attached hydrogens (primary N) is 2. The quantitative estimate of drug-likeness (QED) is 0.134. The van der Waals surface area contributed by atoms with Crippen LogP contribution in [0.1, 0.15) is 66.8 Å². The molecule has 0 heterocycles. The summed E-state index contributed by atoms with van der Waals surface area (Å²) in [6.07, 6.45) is 0. The molecule has 0 radical (unpaired) electrons. The van der Waals surface area contributed by atoms with E-state index in [0.29, 0.717) is 11.4 Å². The van der Waals surface area contributed by atoms with Crippen molar-refractivity contribution in [2.45, 2.75) is 16.2 Å². The van der Waals surface area contributed by atoms with Gasteiger partial charge in [0.1, 0.15) is 0 Å². The molecule has 2 nitrogen and oxygen atoms in total. The van der Waals surface area contributed by atoms with E-state index in [4.69, 9.17) is 11.5 Å². The minimum Gasteiger partial charge on any atom is -0.399 e. The van der Waals surface area contributed by atoms with Crippen molar-refractivity contribution in [1.82, 2.24) is 0 Å². The molecule has 17 rings (SSSR count). The topological polar surface area (TPSA) is 52.0 Å². The van der Waals surface area contributed by atoms with Crippen molar-refractivity contribution in [2.24, 2.45) is 0 Å². The highest BCUT2D eigenvalue weighted by Crippen LogP contribution is 2.60. The second-order valence-electron chi connectivity index (χ2n) is 24.1. The molecule has 4 N–H and O–H groups in total. The average Bonchev–Trinajstić information content (AvgIpc) is 1.60. The molecule has 0 atom stereocenters. The minimum atomic E-state index is -0.572. The minimum absolute atomic E-state index is 0.559. The third-order valence-corrected chi connectivity index (χ3v) is 19.9. The normalized spacial score (nSPS) is 14.0. The van der Waals surface area contributed by atoms with Gasteiger partial charge in [-0.1, -0.05) is 322 Å². The second kappa shape index (κ2) is 20.4. The van der Waals surface area contributed by atoms with E-state index in [1.807, 2.05) is 12.1 Å². The second-order valence-corrected chi connectivity index (χ2v) is 24.1. The van der Waals surface area contributed by atoms with E-state index in [2.05, 4.69) is 328 Å². The number of rotatable bonds is 10. The summed E-state index contributed by atoms with van der Waals surface area (Å²) in [5, 5.41) is 0. The predicted octanol–water partition coefficient (Wildman–Crippen LogP) is 20.6. The number of hydrogen-bond acceptors (Lipinski definition) is 2. The van der Waals surface area contributed by atoms with Gasteiger partial charge in [0.25, 0.3) is 0 Å². The van der Waals surface area contributed by atoms with Gasteiger partial charge >= 0.3 is 0 Å². The van der Waals surface area contributed by atoms with Crippen LogP contribution in [-0.4, -0.2) is 0 Å². The van der Waals surface area contributed by atoms with Crippen LogP contribution < -0.4 is 11.5 Å². The summed E-state index contributed by atoms with van der Waals surface area (Å²) in [5.74, 6) is 0. The molecule has 89 heavy (non-hydrogen) atoms. The van der Waals surface area contributed by atoms with Crippen LogP contribution in [-0.2, 0) is 16.2 Å². The Hall–Kier alpha value is -11.3. The van der Waals surface area contributed by atoms with Crippen LogP contribution in [0.15, 0.2) is 340 Å². The van der Waals surface area contributed by atoms with Crippen LogP contribution in [0, 0.1) is 0 Å². The molecule has 14 aromatic carbocycles. The summed E-state index contributed by atoms with van der Waals surface area (Å²) in [5.41, 5.74) is 44.8. The van der Waals surface area contributed by atoms with E-state index in [1.54, 1.807) is 0 Å². The molecule has 418 valence electrons. The lowest BCUT2D eigenvalue weighted by Gasteiger charge is -2.34. The van der Waals surface area contributed by atoms with Gasteiger partial charge in [-0.2, -0.15) is 0 Å². The molecule has 0 saturated heterocycles. The van der Waals surface area contributed by atoms with Crippen molar-refractivity contribution < 1.29 is 0 Å². The zero-order chi connectivity index (χ0) is 59.3. The number of fused-ring (bicyclic) bond motifs is 9.